The van der Waals surface area contributed by atoms with E-state index in [4.69, 9.17) is 16.4 Å². The van der Waals surface area contributed by atoms with Gasteiger partial charge >= 0.3 is 15.8 Å². The second-order valence-electron chi connectivity index (χ2n) is 7.48. The molecule has 13 nitrogen and oxygen atoms in total. The summed E-state index contributed by atoms with van der Waals surface area (Å²) in [6.45, 7) is 0. The van der Waals surface area contributed by atoms with Gasteiger partial charge in [0.15, 0.2) is 5.11 Å². The van der Waals surface area contributed by atoms with E-state index < -0.39 is 31.4 Å². The van der Waals surface area contributed by atoms with Crippen molar-refractivity contribution in [2.45, 2.75) is 4.90 Å². The number of para-hydroxylation sites is 1. The zero-order valence-electron chi connectivity index (χ0n) is 19.0. The molecule has 0 aliphatic rings. The number of aromatic nitrogens is 1. The van der Waals surface area contributed by atoms with Crippen molar-refractivity contribution in [3.63, 3.8) is 0 Å². The number of non-ortho nitro benzene ring substituents is 1. The van der Waals surface area contributed by atoms with Crippen molar-refractivity contribution in [2.75, 3.05) is 5.32 Å². The molecule has 4 rings (SSSR count). The number of hydrazone groups is 1. The molecule has 0 aliphatic carbocycles. The first kappa shape index (κ1) is 26.1. The minimum Gasteiger partial charge on any atom is -0.372 e. The molecule has 15 heteroatoms. The molecule has 0 bridgehead atoms. The number of pyridine rings is 1. The van der Waals surface area contributed by atoms with Gasteiger partial charge in [0.25, 0.3) is 5.69 Å². The molecular weight excluding hydrogens is 536 g/mol. The Morgan fingerprint density at radius 2 is 1.74 bits per heavy atom. The number of nitrogens with zero attached hydrogens (tertiary/aromatic N) is 4. The van der Waals surface area contributed by atoms with Crippen LogP contribution in [-0.4, -0.2) is 34.6 Å². The number of nitro benzene ring substituents is 2. The van der Waals surface area contributed by atoms with E-state index in [1.165, 1.54) is 54.9 Å². The normalized spacial score (nSPS) is 11.3. The summed E-state index contributed by atoms with van der Waals surface area (Å²) in [5, 5.41) is 29.6. The fourth-order valence-corrected chi connectivity index (χ4v) is 4.55. The first-order chi connectivity index (χ1) is 18.1. The Bertz CT molecular complexity index is 1690. The molecule has 0 radical (unpaired) electrons. The SMILES string of the molecule is O=[N+]([O-])c1ccc(NC(=S)N/N=C/c2ccc(OS(=O)(=O)c3cccc4cccnc34)c([N+](=O)[O-])c2)cc1. The first-order valence-corrected chi connectivity index (χ1v) is 12.4. The third kappa shape index (κ3) is 6.03. The Balaban J connectivity index is 1.48. The second-order valence-corrected chi connectivity index (χ2v) is 9.40. The molecule has 2 N–H and O–H groups in total. The highest BCUT2D eigenvalue weighted by atomic mass is 32.2. The zero-order chi connectivity index (χ0) is 27.3. The molecule has 0 saturated carbocycles. The van der Waals surface area contributed by atoms with Crippen molar-refractivity contribution < 1.29 is 22.4 Å². The number of nitrogens with one attached hydrogen (secondary N) is 2. The predicted molar refractivity (Wildman–Crippen MR) is 143 cm³/mol. The number of anilines is 1. The van der Waals surface area contributed by atoms with Gasteiger partial charge in [-0.3, -0.25) is 30.6 Å². The number of hydrogen-bond acceptors (Lipinski definition) is 10. The summed E-state index contributed by atoms with van der Waals surface area (Å²) in [5.41, 5.74) is 2.72. The monoisotopic (exact) mass is 552 g/mol. The Labute approximate surface area is 220 Å². The van der Waals surface area contributed by atoms with Crippen LogP contribution in [0.2, 0.25) is 0 Å². The van der Waals surface area contributed by atoms with Crippen molar-refractivity contribution in [1.82, 2.24) is 10.4 Å². The highest BCUT2D eigenvalue weighted by Crippen LogP contribution is 2.31. The van der Waals surface area contributed by atoms with E-state index in [1.807, 2.05) is 0 Å². The van der Waals surface area contributed by atoms with Crippen LogP contribution in [0.25, 0.3) is 10.9 Å². The summed E-state index contributed by atoms with van der Waals surface area (Å²) in [7, 11) is -4.45. The van der Waals surface area contributed by atoms with Gasteiger partial charge in [-0.15, -0.1) is 0 Å². The first-order valence-electron chi connectivity index (χ1n) is 10.6. The molecule has 0 amide bonds. The highest BCUT2D eigenvalue weighted by Gasteiger charge is 2.25. The lowest BCUT2D eigenvalue weighted by Crippen LogP contribution is -2.23. The molecule has 1 aromatic heterocycles. The van der Waals surface area contributed by atoms with Crippen LogP contribution >= 0.6 is 12.2 Å². The summed E-state index contributed by atoms with van der Waals surface area (Å²) in [6.07, 6.45) is 2.66. The van der Waals surface area contributed by atoms with Crippen LogP contribution in [0.4, 0.5) is 17.1 Å². The smallest absolute Gasteiger partial charge is 0.341 e. The Morgan fingerprint density at radius 1 is 1.00 bits per heavy atom. The molecular formula is C23H16N6O7S2. The quantitative estimate of drug-likeness (QED) is 0.105. The van der Waals surface area contributed by atoms with Crippen molar-refractivity contribution in [3.05, 3.63) is 105 Å². The maximum Gasteiger partial charge on any atom is 0.341 e. The van der Waals surface area contributed by atoms with Gasteiger partial charge in [0.05, 0.1) is 21.6 Å². The molecule has 0 fully saturated rings. The third-order valence-electron chi connectivity index (χ3n) is 4.96. The van der Waals surface area contributed by atoms with Crippen LogP contribution in [0.3, 0.4) is 0 Å². The van der Waals surface area contributed by atoms with Crippen LogP contribution in [0, 0.1) is 20.2 Å². The third-order valence-corrected chi connectivity index (χ3v) is 6.42. The maximum atomic E-state index is 12.9. The van der Waals surface area contributed by atoms with Crippen LogP contribution in [0.5, 0.6) is 5.75 Å². The molecule has 38 heavy (non-hydrogen) atoms. The highest BCUT2D eigenvalue weighted by molar-refractivity contribution is 7.87. The van der Waals surface area contributed by atoms with Crippen LogP contribution in [0.15, 0.2) is 89.0 Å². The van der Waals surface area contributed by atoms with Gasteiger partial charge in [0, 0.05) is 41.0 Å². The Morgan fingerprint density at radius 3 is 2.45 bits per heavy atom. The maximum absolute atomic E-state index is 12.9. The van der Waals surface area contributed by atoms with Gasteiger partial charge < -0.3 is 9.50 Å². The number of rotatable bonds is 8. The average molecular weight is 553 g/mol. The van der Waals surface area contributed by atoms with Crippen LogP contribution in [0.1, 0.15) is 5.56 Å². The molecule has 3 aromatic carbocycles. The molecule has 0 unspecified atom stereocenters. The standard InChI is InChI=1S/C23H16N6O7S2/c30-28(31)18-9-7-17(8-10-18)26-23(37)27-25-14-15-6-11-20(19(13-15)29(32)33)36-38(34,35)21-5-1-3-16-4-2-12-24-22(16)21/h1-14H,(H2,26,27,37)/b25-14+. The van der Waals surface area contributed by atoms with Crippen molar-refractivity contribution in [1.29, 1.82) is 0 Å². The van der Waals surface area contributed by atoms with E-state index in [9.17, 15) is 28.6 Å². The second kappa shape index (κ2) is 10.9. The van der Waals surface area contributed by atoms with Gasteiger partial charge in [-0.05, 0) is 48.6 Å². The summed E-state index contributed by atoms with van der Waals surface area (Å²) in [5.74, 6) is -0.483. The van der Waals surface area contributed by atoms with Crippen LogP contribution < -0.4 is 14.9 Å². The number of benzene rings is 3. The Kier molecular flexibility index (Phi) is 7.50. The fraction of sp³-hybridized carbons (Fsp3) is 0. The average Bonchev–Trinajstić information content (AvgIpc) is 2.89. The topological polar surface area (TPSA) is 179 Å². The molecule has 0 aliphatic heterocycles. The number of hydrogen-bond donors (Lipinski definition) is 2. The van der Waals surface area contributed by atoms with E-state index in [0.29, 0.717) is 11.1 Å². The summed E-state index contributed by atoms with van der Waals surface area (Å²) < 4.78 is 31.0. The molecule has 0 spiro atoms. The van der Waals surface area contributed by atoms with Crippen molar-refractivity contribution >= 4 is 61.6 Å². The Hall–Kier alpha value is -5.02. The largest absolute Gasteiger partial charge is 0.372 e. The molecule has 0 saturated heterocycles. The molecule has 1 heterocycles. The predicted octanol–water partition coefficient (Wildman–Crippen LogP) is 4.14. The van der Waals surface area contributed by atoms with Crippen molar-refractivity contribution in [3.8, 4) is 5.75 Å². The lowest BCUT2D eigenvalue weighted by Gasteiger charge is -2.10. The van der Waals surface area contributed by atoms with E-state index in [2.05, 4.69) is 20.8 Å². The van der Waals surface area contributed by atoms with Gasteiger partial charge in [-0.25, -0.2) is 0 Å². The summed E-state index contributed by atoms with van der Waals surface area (Å²) in [6, 6.07) is 16.9. The molecule has 0 atom stereocenters. The van der Waals surface area contributed by atoms with Crippen molar-refractivity contribution in [2.24, 2.45) is 5.10 Å². The number of thiocarbonyl (C=S) groups is 1. The summed E-state index contributed by atoms with van der Waals surface area (Å²) >= 11 is 5.09. The zero-order valence-corrected chi connectivity index (χ0v) is 20.7. The van der Waals surface area contributed by atoms with E-state index in [0.717, 1.165) is 12.1 Å². The van der Waals surface area contributed by atoms with Crippen LogP contribution in [-0.2, 0) is 10.1 Å². The summed E-state index contributed by atoms with van der Waals surface area (Å²) in [4.78, 5) is 24.9. The molecule has 192 valence electrons. The van der Waals surface area contributed by atoms with E-state index >= 15 is 0 Å². The van der Waals surface area contributed by atoms with E-state index in [-0.39, 0.29) is 26.8 Å². The van der Waals surface area contributed by atoms with Gasteiger partial charge in [0.2, 0.25) is 5.75 Å². The van der Waals surface area contributed by atoms with E-state index in [1.54, 1.807) is 18.2 Å². The van der Waals surface area contributed by atoms with Gasteiger partial charge in [-0.2, -0.15) is 13.5 Å². The fourth-order valence-electron chi connectivity index (χ4n) is 3.26. The van der Waals surface area contributed by atoms with Gasteiger partial charge in [0.1, 0.15) is 4.90 Å². The lowest BCUT2D eigenvalue weighted by molar-refractivity contribution is -0.385. The molecule has 4 aromatic rings. The number of fused-ring (bicyclic) bond motifs is 1. The lowest BCUT2D eigenvalue weighted by atomic mass is 10.2. The minimum absolute atomic E-state index is 0.0550. The van der Waals surface area contributed by atoms with Gasteiger partial charge in [-0.1, -0.05) is 18.2 Å². The number of nitro groups is 2. The minimum atomic E-state index is -4.45.